The number of rotatable bonds is 6. The number of nitro groups is 1. The van der Waals surface area contributed by atoms with E-state index in [1.807, 2.05) is 0 Å². The Morgan fingerprint density at radius 2 is 2.04 bits per heavy atom. The van der Waals surface area contributed by atoms with Gasteiger partial charge in [-0.15, -0.1) is 0 Å². The van der Waals surface area contributed by atoms with E-state index in [0.717, 1.165) is 18.5 Å². The molecule has 1 atom stereocenters. The second-order valence-corrected chi connectivity index (χ2v) is 6.23. The fourth-order valence-electron chi connectivity index (χ4n) is 3.05. The molecule has 2 heterocycles. The smallest absolute Gasteiger partial charge is 0.270 e. The van der Waals surface area contributed by atoms with Crippen LogP contribution in [0.25, 0.3) is 10.9 Å². The van der Waals surface area contributed by atoms with Crippen LogP contribution in [-0.4, -0.2) is 52.2 Å². The van der Waals surface area contributed by atoms with Gasteiger partial charge in [0.1, 0.15) is 5.82 Å². The van der Waals surface area contributed by atoms with Crippen LogP contribution in [0.1, 0.15) is 19.3 Å². The summed E-state index contributed by atoms with van der Waals surface area (Å²) in [4.78, 5) is 17.1. The lowest BCUT2D eigenvalue weighted by Gasteiger charge is -2.28. The van der Waals surface area contributed by atoms with Gasteiger partial charge in [-0.1, -0.05) is 6.42 Å². The van der Waals surface area contributed by atoms with Gasteiger partial charge >= 0.3 is 0 Å². The Labute approximate surface area is 140 Å². The highest BCUT2D eigenvalue weighted by Crippen LogP contribution is 2.21. The molecule has 3 rings (SSSR count). The van der Waals surface area contributed by atoms with Crippen LogP contribution in [0.5, 0.6) is 0 Å². The summed E-state index contributed by atoms with van der Waals surface area (Å²) in [6, 6.07) is 8.18. The largest absolute Gasteiger partial charge is 0.390 e. The number of pyridine rings is 1. The highest BCUT2D eigenvalue weighted by molar-refractivity contribution is 5.82. The van der Waals surface area contributed by atoms with Gasteiger partial charge in [0.2, 0.25) is 0 Å². The number of aromatic nitrogens is 1. The quantitative estimate of drug-likeness (QED) is 0.624. The average molecular weight is 330 g/mol. The van der Waals surface area contributed by atoms with Crippen LogP contribution in [0.4, 0.5) is 11.5 Å². The van der Waals surface area contributed by atoms with E-state index in [2.05, 4.69) is 15.2 Å². The molecule has 24 heavy (non-hydrogen) atoms. The van der Waals surface area contributed by atoms with Gasteiger partial charge in [-0.2, -0.15) is 0 Å². The summed E-state index contributed by atoms with van der Waals surface area (Å²) in [7, 11) is 0. The molecule has 0 spiro atoms. The Balaban J connectivity index is 1.58. The molecule has 1 aromatic heterocycles. The first-order valence-corrected chi connectivity index (χ1v) is 8.31. The molecule has 1 saturated heterocycles. The molecule has 2 aromatic rings. The third-order valence-electron chi connectivity index (χ3n) is 4.32. The number of non-ortho nitro benzene ring substituents is 1. The van der Waals surface area contributed by atoms with Crippen LogP contribution < -0.4 is 5.32 Å². The van der Waals surface area contributed by atoms with Crippen molar-refractivity contribution in [2.45, 2.75) is 25.4 Å². The summed E-state index contributed by atoms with van der Waals surface area (Å²) in [5.41, 5.74) is 0.748. The standard InChI is InChI=1S/C17H22N4O3/c22-15(12-20-8-2-1-3-9-20)11-18-17-7-4-13-10-14(21(23)24)5-6-16(13)19-17/h4-7,10,15,22H,1-3,8-9,11-12H2,(H,18,19)/t15-/m1/s1. The lowest BCUT2D eigenvalue weighted by atomic mass is 10.1. The van der Waals surface area contributed by atoms with Crippen molar-refractivity contribution in [3.63, 3.8) is 0 Å². The average Bonchev–Trinajstić information content (AvgIpc) is 2.60. The number of anilines is 1. The first-order valence-electron chi connectivity index (χ1n) is 8.31. The van der Waals surface area contributed by atoms with Crippen molar-refractivity contribution in [1.29, 1.82) is 0 Å². The maximum atomic E-state index is 10.8. The van der Waals surface area contributed by atoms with Crippen LogP contribution in [0.15, 0.2) is 30.3 Å². The number of nitro benzene ring substituents is 1. The maximum absolute atomic E-state index is 10.8. The van der Waals surface area contributed by atoms with Crippen molar-refractivity contribution in [3.8, 4) is 0 Å². The molecule has 7 nitrogen and oxygen atoms in total. The van der Waals surface area contributed by atoms with E-state index in [4.69, 9.17) is 0 Å². The Hall–Kier alpha value is -2.25. The molecule has 1 aliphatic heterocycles. The molecule has 1 aromatic carbocycles. The summed E-state index contributed by atoms with van der Waals surface area (Å²) in [5, 5.41) is 24.8. The number of aliphatic hydroxyl groups is 1. The molecule has 0 saturated carbocycles. The van der Waals surface area contributed by atoms with Gasteiger partial charge in [0.05, 0.1) is 16.5 Å². The van der Waals surface area contributed by atoms with E-state index in [9.17, 15) is 15.2 Å². The third kappa shape index (κ3) is 4.18. The van der Waals surface area contributed by atoms with E-state index >= 15 is 0 Å². The van der Waals surface area contributed by atoms with Crippen molar-refractivity contribution < 1.29 is 10.0 Å². The van der Waals surface area contributed by atoms with Crippen molar-refractivity contribution in [1.82, 2.24) is 9.88 Å². The number of aliphatic hydroxyl groups excluding tert-OH is 1. The second-order valence-electron chi connectivity index (χ2n) is 6.23. The molecule has 0 bridgehead atoms. The summed E-state index contributed by atoms with van der Waals surface area (Å²) in [6.07, 6.45) is 3.25. The predicted molar refractivity (Wildman–Crippen MR) is 93.2 cm³/mol. The molecule has 1 fully saturated rings. The fraction of sp³-hybridized carbons (Fsp3) is 0.471. The van der Waals surface area contributed by atoms with Gasteiger partial charge in [-0.25, -0.2) is 4.98 Å². The number of nitrogens with zero attached hydrogens (tertiary/aromatic N) is 3. The molecule has 7 heteroatoms. The minimum atomic E-state index is -0.447. The number of piperidine rings is 1. The number of likely N-dealkylation sites (tertiary alicyclic amines) is 1. The Morgan fingerprint density at radius 3 is 2.79 bits per heavy atom. The summed E-state index contributed by atoms with van der Waals surface area (Å²) >= 11 is 0. The maximum Gasteiger partial charge on any atom is 0.270 e. The SMILES string of the molecule is O=[N+]([O-])c1ccc2nc(NC[C@@H](O)CN3CCCCC3)ccc2c1. The third-order valence-corrected chi connectivity index (χ3v) is 4.32. The van der Waals surface area contributed by atoms with E-state index in [0.29, 0.717) is 24.4 Å². The first-order chi connectivity index (χ1) is 11.6. The van der Waals surface area contributed by atoms with Crippen LogP contribution >= 0.6 is 0 Å². The normalized spacial score (nSPS) is 16.9. The van der Waals surface area contributed by atoms with E-state index in [-0.39, 0.29) is 5.69 Å². The summed E-state index contributed by atoms with van der Waals surface area (Å²) in [5.74, 6) is 0.661. The zero-order valence-electron chi connectivity index (χ0n) is 13.5. The fourth-order valence-corrected chi connectivity index (χ4v) is 3.05. The van der Waals surface area contributed by atoms with E-state index in [1.54, 1.807) is 18.2 Å². The molecule has 0 aliphatic carbocycles. The lowest BCUT2D eigenvalue weighted by molar-refractivity contribution is -0.384. The van der Waals surface area contributed by atoms with Gasteiger partial charge in [0.25, 0.3) is 5.69 Å². The van der Waals surface area contributed by atoms with Gasteiger partial charge in [-0.3, -0.25) is 10.1 Å². The zero-order valence-corrected chi connectivity index (χ0v) is 13.5. The topological polar surface area (TPSA) is 91.5 Å². The Morgan fingerprint density at radius 1 is 1.25 bits per heavy atom. The van der Waals surface area contributed by atoms with Gasteiger partial charge in [-0.05, 0) is 44.1 Å². The van der Waals surface area contributed by atoms with Gasteiger partial charge < -0.3 is 15.3 Å². The van der Waals surface area contributed by atoms with Crippen LogP contribution in [-0.2, 0) is 0 Å². The molecular formula is C17H22N4O3. The Bertz CT molecular complexity index is 716. The second kappa shape index (κ2) is 7.55. The molecular weight excluding hydrogens is 308 g/mol. The van der Waals surface area contributed by atoms with Gasteiger partial charge in [0, 0.05) is 30.6 Å². The number of nitrogens with one attached hydrogen (secondary N) is 1. The van der Waals surface area contributed by atoms with Crippen molar-refractivity contribution in [2.24, 2.45) is 0 Å². The molecule has 128 valence electrons. The highest BCUT2D eigenvalue weighted by atomic mass is 16.6. The van der Waals surface area contributed by atoms with Crippen LogP contribution in [0.2, 0.25) is 0 Å². The summed E-state index contributed by atoms with van der Waals surface area (Å²) in [6.45, 7) is 3.23. The number of hydrogen-bond donors (Lipinski definition) is 2. The van der Waals surface area contributed by atoms with Crippen molar-refractivity contribution in [2.75, 3.05) is 31.5 Å². The number of fused-ring (bicyclic) bond motifs is 1. The van der Waals surface area contributed by atoms with Crippen molar-refractivity contribution >= 4 is 22.4 Å². The van der Waals surface area contributed by atoms with E-state index in [1.165, 1.54) is 31.4 Å². The summed E-state index contributed by atoms with van der Waals surface area (Å²) < 4.78 is 0. The number of β-amino-alcohol motifs (C(OH)–C–C–N with tert-alkyl or cyclic N) is 1. The Kier molecular flexibility index (Phi) is 5.22. The minimum absolute atomic E-state index is 0.0574. The van der Waals surface area contributed by atoms with Crippen LogP contribution in [0.3, 0.4) is 0 Å². The highest BCUT2D eigenvalue weighted by Gasteiger charge is 2.14. The minimum Gasteiger partial charge on any atom is -0.390 e. The number of benzene rings is 1. The van der Waals surface area contributed by atoms with E-state index < -0.39 is 11.0 Å². The molecule has 0 unspecified atom stereocenters. The first kappa shape index (κ1) is 16.6. The zero-order chi connectivity index (χ0) is 16.9. The predicted octanol–water partition coefficient (Wildman–Crippen LogP) is 2.40. The molecule has 2 N–H and O–H groups in total. The molecule has 1 aliphatic rings. The number of hydrogen-bond acceptors (Lipinski definition) is 6. The molecule has 0 amide bonds. The van der Waals surface area contributed by atoms with Crippen LogP contribution in [0, 0.1) is 10.1 Å². The van der Waals surface area contributed by atoms with Crippen molar-refractivity contribution in [3.05, 3.63) is 40.4 Å². The lowest BCUT2D eigenvalue weighted by Crippen LogP contribution is -2.39. The molecule has 0 radical (unpaired) electrons. The monoisotopic (exact) mass is 330 g/mol. The van der Waals surface area contributed by atoms with Gasteiger partial charge in [0.15, 0.2) is 0 Å².